The first-order valence-electron chi connectivity index (χ1n) is 13.2. The number of carbonyl (C=O) groups is 1. The van der Waals surface area contributed by atoms with Crippen molar-refractivity contribution < 1.29 is 4.79 Å². The molecule has 0 aromatic carbocycles. The Morgan fingerprint density at radius 3 is 2.62 bits per heavy atom. The Kier molecular flexibility index (Phi) is 5.74. The molecule has 7 nitrogen and oxygen atoms in total. The second-order valence-electron chi connectivity index (χ2n) is 11.2. The summed E-state index contributed by atoms with van der Waals surface area (Å²) < 4.78 is 4.44. The van der Waals surface area contributed by atoms with Crippen LogP contribution in [0.2, 0.25) is 0 Å². The van der Waals surface area contributed by atoms with Crippen molar-refractivity contribution in [2.75, 3.05) is 6.54 Å². The third kappa shape index (κ3) is 3.88. The highest BCUT2D eigenvalue weighted by atomic mass is 32.1. The van der Waals surface area contributed by atoms with Gasteiger partial charge >= 0.3 is 0 Å². The van der Waals surface area contributed by atoms with Crippen molar-refractivity contribution in [3.05, 3.63) is 27.6 Å². The molecule has 0 spiro atoms. The largest absolute Gasteiger partial charge is 0.356 e. The second-order valence-corrected chi connectivity index (χ2v) is 12.1. The van der Waals surface area contributed by atoms with Gasteiger partial charge in [0.25, 0.3) is 5.56 Å². The van der Waals surface area contributed by atoms with Crippen molar-refractivity contribution in [1.82, 2.24) is 24.5 Å². The van der Waals surface area contributed by atoms with Crippen LogP contribution in [0.25, 0.3) is 16.0 Å². The summed E-state index contributed by atoms with van der Waals surface area (Å²) in [5, 5.41) is 13.9. The molecule has 0 radical (unpaired) electrons. The van der Waals surface area contributed by atoms with Crippen molar-refractivity contribution in [2.24, 2.45) is 23.2 Å². The number of rotatable bonds is 9. The molecular formula is C26H35N5O2S. The maximum Gasteiger partial charge on any atom is 0.272 e. The van der Waals surface area contributed by atoms with E-state index in [1.165, 1.54) is 49.9 Å². The van der Waals surface area contributed by atoms with Gasteiger partial charge in [0.2, 0.25) is 11.7 Å². The minimum absolute atomic E-state index is 0.00678. The van der Waals surface area contributed by atoms with Crippen molar-refractivity contribution in [3.63, 3.8) is 0 Å². The number of aryl methyl sites for hydroxylation is 2. The minimum Gasteiger partial charge on any atom is -0.356 e. The first kappa shape index (κ1) is 22.3. The molecule has 4 aliphatic carbocycles. The van der Waals surface area contributed by atoms with Crippen molar-refractivity contribution in [1.29, 1.82) is 0 Å². The lowest BCUT2D eigenvalue weighted by Crippen LogP contribution is -2.47. The van der Waals surface area contributed by atoms with E-state index >= 15 is 0 Å². The maximum atomic E-state index is 13.0. The topological polar surface area (TPSA) is 81.3 Å². The van der Waals surface area contributed by atoms with E-state index in [4.69, 9.17) is 0 Å². The smallest absolute Gasteiger partial charge is 0.272 e. The number of hydrogen-bond acceptors (Lipinski definition) is 5. The van der Waals surface area contributed by atoms with Crippen LogP contribution in [-0.2, 0) is 17.8 Å². The van der Waals surface area contributed by atoms with Gasteiger partial charge in [-0.1, -0.05) is 13.3 Å². The molecule has 4 aliphatic rings. The minimum atomic E-state index is 0.00678. The molecule has 7 rings (SSSR count). The van der Waals surface area contributed by atoms with Crippen LogP contribution in [0, 0.1) is 23.2 Å². The summed E-state index contributed by atoms with van der Waals surface area (Å²) in [4.78, 5) is 25.7. The zero-order chi connectivity index (χ0) is 23.3. The first-order chi connectivity index (χ1) is 16.5. The van der Waals surface area contributed by atoms with Gasteiger partial charge in [-0.05, 0) is 86.0 Å². The summed E-state index contributed by atoms with van der Waals surface area (Å²) in [6, 6.07) is 1.96. The summed E-state index contributed by atoms with van der Waals surface area (Å²) in [6.45, 7) is 3.54. The molecule has 8 heteroatoms. The predicted octanol–water partition coefficient (Wildman–Crippen LogP) is 4.56. The molecule has 0 atom stereocenters. The van der Waals surface area contributed by atoms with Crippen molar-refractivity contribution in [3.8, 4) is 0 Å². The molecule has 4 fully saturated rings. The van der Waals surface area contributed by atoms with Gasteiger partial charge < -0.3 is 5.32 Å². The normalized spacial score (nSPS) is 27.7. The number of thiophene rings is 1. The first-order valence-corrected chi connectivity index (χ1v) is 14.0. The lowest BCUT2D eigenvalue weighted by Gasteiger charge is -2.57. The van der Waals surface area contributed by atoms with E-state index < -0.39 is 0 Å². The van der Waals surface area contributed by atoms with Crippen molar-refractivity contribution in [2.45, 2.75) is 84.1 Å². The molecule has 4 saturated carbocycles. The lowest BCUT2D eigenvalue weighted by molar-refractivity contribution is -0.121. The second kappa shape index (κ2) is 8.77. The molecule has 34 heavy (non-hydrogen) atoms. The quantitative estimate of drug-likeness (QED) is 0.486. The fourth-order valence-electron chi connectivity index (χ4n) is 7.64. The summed E-state index contributed by atoms with van der Waals surface area (Å²) in [5.41, 5.74) is 1.35. The number of nitrogens with zero attached hydrogens (tertiary/aromatic N) is 4. The van der Waals surface area contributed by atoms with Crippen LogP contribution < -0.4 is 10.9 Å². The Bertz CT molecular complexity index is 1240. The Hall–Kier alpha value is -2.22. The summed E-state index contributed by atoms with van der Waals surface area (Å²) in [7, 11) is 0. The maximum absolute atomic E-state index is 13.0. The van der Waals surface area contributed by atoms with E-state index in [0.29, 0.717) is 30.6 Å². The van der Waals surface area contributed by atoms with Gasteiger partial charge in [-0.2, -0.15) is 0 Å². The lowest BCUT2D eigenvalue weighted by atomic mass is 9.49. The van der Waals surface area contributed by atoms with E-state index in [2.05, 4.69) is 22.4 Å². The molecular weight excluding hydrogens is 446 g/mol. The Morgan fingerprint density at radius 1 is 1.18 bits per heavy atom. The summed E-state index contributed by atoms with van der Waals surface area (Å²) in [5.74, 6) is 4.27. The van der Waals surface area contributed by atoms with E-state index in [9.17, 15) is 9.59 Å². The van der Waals surface area contributed by atoms with Crippen LogP contribution in [0.4, 0.5) is 0 Å². The van der Waals surface area contributed by atoms with E-state index in [-0.39, 0.29) is 11.5 Å². The van der Waals surface area contributed by atoms with Gasteiger partial charge in [0.15, 0.2) is 0 Å². The average Bonchev–Trinajstić information content (AvgIpc) is 3.44. The molecule has 0 unspecified atom stereocenters. The van der Waals surface area contributed by atoms with Crippen LogP contribution in [0.3, 0.4) is 0 Å². The fraction of sp³-hybridized carbons (Fsp3) is 0.692. The third-order valence-corrected chi connectivity index (χ3v) is 9.62. The Morgan fingerprint density at radius 2 is 1.91 bits per heavy atom. The number of hydrogen-bond donors (Lipinski definition) is 1. The van der Waals surface area contributed by atoms with Crippen LogP contribution >= 0.6 is 11.3 Å². The van der Waals surface area contributed by atoms with Gasteiger partial charge in [0, 0.05) is 25.9 Å². The fourth-order valence-corrected chi connectivity index (χ4v) is 8.46. The van der Waals surface area contributed by atoms with E-state index in [1.54, 1.807) is 4.57 Å². The molecule has 182 valence electrons. The number of aromatic nitrogens is 4. The Balaban J connectivity index is 1.11. The third-order valence-electron chi connectivity index (χ3n) is 8.73. The van der Waals surface area contributed by atoms with Gasteiger partial charge in [0.1, 0.15) is 10.5 Å². The Labute approximate surface area is 203 Å². The van der Waals surface area contributed by atoms with Gasteiger partial charge in [-0.25, -0.2) is 0 Å². The van der Waals surface area contributed by atoms with Gasteiger partial charge in [-0.3, -0.25) is 18.6 Å². The molecule has 3 aromatic heterocycles. The standard InChI is InChI=1S/C26H35N5O2S/c1-2-3-9-30-24(33)23-20(6-10-34-23)31-21(28-29-25(30)31)4-5-22(32)27-8-7-26-14-17-11-18(15-26)13-19(12-17)16-26/h6,10,17-19H,2-5,7-9,11-16H2,1H3,(H,27,32). The van der Waals surface area contributed by atoms with Crippen LogP contribution in [-0.4, -0.2) is 31.6 Å². The zero-order valence-corrected chi connectivity index (χ0v) is 20.9. The van der Waals surface area contributed by atoms with Crippen LogP contribution in [0.15, 0.2) is 16.2 Å². The van der Waals surface area contributed by atoms with Crippen molar-refractivity contribution >= 4 is 33.2 Å². The molecule has 4 bridgehead atoms. The van der Waals surface area contributed by atoms with E-state index in [0.717, 1.165) is 59.6 Å². The number of carbonyl (C=O) groups excluding carboxylic acids is 1. The van der Waals surface area contributed by atoms with Gasteiger partial charge in [-0.15, -0.1) is 21.5 Å². The number of fused-ring (bicyclic) bond motifs is 3. The average molecular weight is 482 g/mol. The van der Waals surface area contributed by atoms with Crippen LogP contribution in [0.1, 0.15) is 77.0 Å². The molecule has 0 saturated heterocycles. The molecule has 1 amide bonds. The number of amides is 1. The highest BCUT2D eigenvalue weighted by Crippen LogP contribution is 2.61. The highest BCUT2D eigenvalue weighted by Gasteiger charge is 2.50. The summed E-state index contributed by atoms with van der Waals surface area (Å²) >= 11 is 1.46. The molecule has 3 heterocycles. The monoisotopic (exact) mass is 481 g/mol. The van der Waals surface area contributed by atoms with E-state index in [1.807, 2.05) is 15.8 Å². The highest BCUT2D eigenvalue weighted by molar-refractivity contribution is 7.17. The predicted molar refractivity (Wildman–Crippen MR) is 134 cm³/mol. The molecule has 3 aromatic rings. The number of unbranched alkanes of at least 4 members (excludes halogenated alkanes) is 1. The SMILES string of the molecule is CCCCn1c(=O)c2sccc2n2c(CCC(=O)NCCC34CC5CC(CC(C5)C3)C4)nnc12. The number of nitrogens with one attached hydrogen (secondary N) is 1. The van der Waals surface area contributed by atoms with Gasteiger partial charge in [0.05, 0.1) is 5.52 Å². The molecule has 1 N–H and O–H groups in total. The van der Waals surface area contributed by atoms with Crippen LogP contribution in [0.5, 0.6) is 0 Å². The summed E-state index contributed by atoms with van der Waals surface area (Å²) in [6.07, 6.45) is 12.5. The zero-order valence-electron chi connectivity index (χ0n) is 20.1. The molecule has 0 aliphatic heterocycles.